The Labute approximate surface area is 190 Å². The van der Waals surface area contributed by atoms with Gasteiger partial charge in [-0.15, -0.1) is 0 Å². The van der Waals surface area contributed by atoms with Crippen LogP contribution < -0.4 is 5.32 Å². The second-order valence-electron chi connectivity index (χ2n) is 7.39. The first-order valence-electron chi connectivity index (χ1n) is 9.84. The Bertz CT molecular complexity index is 1290. The Morgan fingerprint density at radius 1 is 1.12 bits per heavy atom. The van der Waals surface area contributed by atoms with E-state index >= 15 is 0 Å². The molecule has 2 atom stereocenters. The minimum atomic E-state index is -4.76. The molecule has 3 heterocycles. The van der Waals surface area contributed by atoms with Crippen LogP contribution in [0.4, 0.5) is 18.3 Å². The summed E-state index contributed by atoms with van der Waals surface area (Å²) in [4.78, 5) is 28.5. The lowest BCUT2D eigenvalue weighted by Gasteiger charge is -2.20. The molecule has 11 heteroatoms. The van der Waals surface area contributed by atoms with E-state index in [1.54, 1.807) is 18.3 Å². The number of rotatable bonds is 5. The van der Waals surface area contributed by atoms with Gasteiger partial charge in [-0.1, -0.05) is 24.3 Å². The Morgan fingerprint density at radius 3 is 2.45 bits per heavy atom. The van der Waals surface area contributed by atoms with Gasteiger partial charge in [-0.3, -0.25) is 9.78 Å². The Kier molecular flexibility index (Phi) is 6.09. The molecule has 0 spiro atoms. The first kappa shape index (κ1) is 22.7. The van der Waals surface area contributed by atoms with E-state index in [-0.39, 0.29) is 11.7 Å². The summed E-state index contributed by atoms with van der Waals surface area (Å²) in [5.41, 5.74) is 3.33. The van der Waals surface area contributed by atoms with Gasteiger partial charge in [-0.25, -0.2) is 15.0 Å². The van der Waals surface area contributed by atoms with Gasteiger partial charge in [0.2, 0.25) is 5.91 Å². The fourth-order valence-electron chi connectivity index (χ4n) is 3.26. The molecule has 0 bridgehead atoms. The van der Waals surface area contributed by atoms with Crippen LogP contribution in [0, 0.1) is 0 Å². The molecule has 0 radical (unpaired) electrons. The molecule has 1 aromatic carbocycles. The van der Waals surface area contributed by atoms with Gasteiger partial charge in [0.05, 0.1) is 21.8 Å². The number of aliphatic hydroxyl groups is 1. The monoisotopic (exact) mass is 473 g/mol. The third kappa shape index (κ3) is 4.83. The topological polar surface area (TPSA) is 101 Å². The highest BCUT2D eigenvalue weighted by molar-refractivity contribution is 7.22. The number of aliphatic hydroxyl groups excluding tert-OH is 1. The molecule has 1 amide bonds. The molecular weight excluding hydrogens is 455 g/mol. The maximum atomic E-state index is 12.8. The SMILES string of the molecule is CC(=O)Nc1nc2cc(-c3cnc(C(C)C(O)C(F)(F)F)nc3)cc(-c3ccccn3)c2s1. The summed E-state index contributed by atoms with van der Waals surface area (Å²) < 4.78 is 39.3. The van der Waals surface area contributed by atoms with Crippen molar-refractivity contribution in [3.63, 3.8) is 0 Å². The summed E-state index contributed by atoms with van der Waals surface area (Å²) in [5, 5.41) is 12.6. The molecule has 0 fully saturated rings. The average molecular weight is 473 g/mol. The third-order valence-electron chi connectivity index (χ3n) is 4.94. The van der Waals surface area contributed by atoms with E-state index in [1.807, 2.05) is 18.2 Å². The molecule has 2 N–H and O–H groups in total. The maximum Gasteiger partial charge on any atom is 0.415 e. The van der Waals surface area contributed by atoms with E-state index in [2.05, 4.69) is 25.3 Å². The highest BCUT2D eigenvalue weighted by atomic mass is 32.1. The van der Waals surface area contributed by atoms with Crippen molar-refractivity contribution < 1.29 is 23.1 Å². The molecule has 0 aliphatic heterocycles. The lowest BCUT2D eigenvalue weighted by molar-refractivity contribution is -0.209. The summed E-state index contributed by atoms with van der Waals surface area (Å²) >= 11 is 1.31. The zero-order chi connectivity index (χ0) is 23.8. The number of alkyl halides is 3. The zero-order valence-electron chi connectivity index (χ0n) is 17.5. The third-order valence-corrected chi connectivity index (χ3v) is 5.96. The van der Waals surface area contributed by atoms with Gasteiger partial charge in [-0.2, -0.15) is 13.2 Å². The van der Waals surface area contributed by atoms with Crippen molar-refractivity contribution in [2.45, 2.75) is 32.0 Å². The van der Waals surface area contributed by atoms with E-state index < -0.39 is 18.2 Å². The van der Waals surface area contributed by atoms with Crippen molar-refractivity contribution in [3.05, 3.63) is 54.7 Å². The largest absolute Gasteiger partial charge is 0.415 e. The van der Waals surface area contributed by atoms with E-state index in [0.29, 0.717) is 27.5 Å². The second-order valence-corrected chi connectivity index (χ2v) is 8.39. The van der Waals surface area contributed by atoms with Crippen LogP contribution in [-0.2, 0) is 4.79 Å². The predicted molar refractivity (Wildman–Crippen MR) is 119 cm³/mol. The number of benzene rings is 1. The number of hydrogen-bond donors (Lipinski definition) is 2. The van der Waals surface area contributed by atoms with Gasteiger partial charge < -0.3 is 10.4 Å². The lowest BCUT2D eigenvalue weighted by Crippen LogP contribution is -2.34. The Hall–Kier alpha value is -3.44. The van der Waals surface area contributed by atoms with E-state index in [0.717, 1.165) is 10.3 Å². The van der Waals surface area contributed by atoms with Crippen LogP contribution in [0.2, 0.25) is 0 Å². The fraction of sp³-hybridized carbons (Fsp3) is 0.227. The molecule has 0 aliphatic rings. The zero-order valence-corrected chi connectivity index (χ0v) is 18.3. The van der Waals surface area contributed by atoms with Crippen LogP contribution in [0.1, 0.15) is 25.6 Å². The minimum absolute atomic E-state index is 0.115. The highest BCUT2D eigenvalue weighted by Gasteiger charge is 2.43. The van der Waals surface area contributed by atoms with Crippen molar-refractivity contribution in [2.24, 2.45) is 0 Å². The number of aromatic nitrogens is 4. The van der Waals surface area contributed by atoms with Gasteiger partial charge in [0.15, 0.2) is 11.2 Å². The second kappa shape index (κ2) is 8.83. The number of nitrogens with one attached hydrogen (secondary N) is 1. The predicted octanol–water partition coefficient (Wildman–Crippen LogP) is 4.80. The van der Waals surface area contributed by atoms with Crippen molar-refractivity contribution in [2.75, 3.05) is 5.32 Å². The number of hydrogen-bond acceptors (Lipinski definition) is 7. The van der Waals surface area contributed by atoms with Crippen molar-refractivity contribution in [1.29, 1.82) is 0 Å². The number of anilines is 1. The number of thiazole rings is 1. The number of halogens is 3. The Balaban J connectivity index is 1.77. The summed E-state index contributed by atoms with van der Waals surface area (Å²) in [5.74, 6) is -1.67. The first-order chi connectivity index (χ1) is 15.6. The summed E-state index contributed by atoms with van der Waals surface area (Å²) in [6.45, 7) is 2.62. The quantitative estimate of drug-likeness (QED) is 0.432. The van der Waals surface area contributed by atoms with Gasteiger partial charge in [0.25, 0.3) is 0 Å². The molecule has 33 heavy (non-hydrogen) atoms. The molecular formula is C22H18F3N5O2S. The molecule has 7 nitrogen and oxygen atoms in total. The molecule has 0 saturated heterocycles. The summed E-state index contributed by atoms with van der Waals surface area (Å²) in [6, 6.07) is 9.14. The average Bonchev–Trinajstić information content (AvgIpc) is 3.19. The molecule has 0 aliphatic carbocycles. The number of carbonyl (C=O) groups excluding carboxylic acids is 1. The minimum Gasteiger partial charge on any atom is -0.383 e. The summed E-state index contributed by atoms with van der Waals surface area (Å²) in [6.07, 6.45) is -2.84. The van der Waals surface area contributed by atoms with Gasteiger partial charge in [0.1, 0.15) is 5.82 Å². The van der Waals surface area contributed by atoms with E-state index in [9.17, 15) is 23.1 Å². The van der Waals surface area contributed by atoms with Crippen LogP contribution in [0.5, 0.6) is 0 Å². The normalized spacial score (nSPS) is 13.6. The van der Waals surface area contributed by atoms with E-state index in [4.69, 9.17) is 0 Å². The number of fused-ring (bicyclic) bond motifs is 1. The molecule has 170 valence electrons. The van der Waals surface area contributed by atoms with Crippen LogP contribution in [0.25, 0.3) is 32.6 Å². The summed E-state index contributed by atoms with van der Waals surface area (Å²) in [7, 11) is 0. The molecule has 4 rings (SSSR count). The fourth-order valence-corrected chi connectivity index (χ4v) is 4.28. The highest BCUT2D eigenvalue weighted by Crippen LogP contribution is 2.38. The number of amides is 1. The van der Waals surface area contributed by atoms with Crippen molar-refractivity contribution in [1.82, 2.24) is 19.9 Å². The number of pyridine rings is 1. The van der Waals surface area contributed by atoms with E-state index in [1.165, 1.54) is 37.6 Å². The number of carbonyl (C=O) groups is 1. The Morgan fingerprint density at radius 2 is 1.85 bits per heavy atom. The van der Waals surface area contributed by atoms with Gasteiger partial charge >= 0.3 is 6.18 Å². The lowest BCUT2D eigenvalue weighted by atomic mass is 10.0. The molecule has 0 saturated carbocycles. The maximum absolute atomic E-state index is 12.8. The van der Waals surface area contributed by atoms with Crippen molar-refractivity contribution in [3.8, 4) is 22.4 Å². The molecule has 3 aromatic heterocycles. The number of nitrogens with zero attached hydrogens (tertiary/aromatic N) is 4. The van der Waals surface area contributed by atoms with Crippen LogP contribution in [0.3, 0.4) is 0 Å². The van der Waals surface area contributed by atoms with Gasteiger partial charge in [-0.05, 0) is 29.8 Å². The van der Waals surface area contributed by atoms with Crippen LogP contribution in [0.15, 0.2) is 48.9 Å². The molecule has 2 unspecified atom stereocenters. The first-order valence-corrected chi connectivity index (χ1v) is 10.7. The smallest absolute Gasteiger partial charge is 0.383 e. The van der Waals surface area contributed by atoms with Crippen LogP contribution in [-0.4, -0.2) is 43.2 Å². The standard InChI is InChI=1S/C22H18F3N5O2S/c1-11(19(32)22(23,24)25)20-27-9-14(10-28-20)13-7-15(16-5-3-4-6-26-16)18-17(8-13)30-21(33-18)29-12(2)31/h3-11,19,32H,1-2H3,(H,29,30,31). The molecule has 4 aromatic rings. The van der Waals surface area contributed by atoms with Crippen molar-refractivity contribution >= 4 is 32.6 Å². The van der Waals surface area contributed by atoms with Crippen LogP contribution >= 0.6 is 11.3 Å². The van der Waals surface area contributed by atoms with Gasteiger partial charge in [0, 0.05) is 36.6 Å².